The van der Waals surface area contributed by atoms with Gasteiger partial charge in [0.2, 0.25) is 0 Å². The van der Waals surface area contributed by atoms with Crippen molar-refractivity contribution in [2.24, 2.45) is 29.6 Å². The van der Waals surface area contributed by atoms with Gasteiger partial charge in [0.15, 0.2) is 0 Å². The van der Waals surface area contributed by atoms with Crippen molar-refractivity contribution in [3.8, 4) is 0 Å². The topological polar surface area (TPSA) is 37.3 Å². The van der Waals surface area contributed by atoms with Gasteiger partial charge in [-0.15, -0.1) is 0 Å². The Kier molecular flexibility index (Phi) is 2.07. The number of rotatable bonds is 2. The predicted octanol–water partition coefficient (Wildman–Crippen LogP) is 2.36. The molecule has 0 radical (unpaired) electrons. The molecule has 0 heterocycles. The zero-order valence-electron chi connectivity index (χ0n) is 10.1. The molecule has 2 bridgehead atoms. The highest BCUT2D eigenvalue weighted by atomic mass is 16.3. The fraction of sp³-hybridized carbons (Fsp3) is 0.438. The molecule has 0 aliphatic heterocycles. The molecule has 2 saturated carbocycles. The third-order valence-electron chi connectivity index (χ3n) is 5.07. The first-order valence-electron chi connectivity index (χ1n) is 6.72. The van der Waals surface area contributed by atoms with E-state index >= 15 is 0 Å². The maximum atomic E-state index is 12.3. The zero-order valence-corrected chi connectivity index (χ0v) is 10.1. The molecule has 2 nitrogen and oxygen atoms in total. The molecule has 3 aliphatic rings. The number of ketones is 1. The van der Waals surface area contributed by atoms with Crippen molar-refractivity contribution in [1.82, 2.24) is 0 Å². The van der Waals surface area contributed by atoms with E-state index in [2.05, 4.69) is 12.2 Å². The number of Topliss-reactive ketones (excluding diaryl/α,β-unsaturated/α-hetero) is 1. The summed E-state index contributed by atoms with van der Waals surface area (Å²) in [4.78, 5) is 12.3. The SMILES string of the molecule is O=C1C2C3C=CC(C3)C2C1C(O)c1ccccc1. The van der Waals surface area contributed by atoms with Gasteiger partial charge in [0.25, 0.3) is 0 Å². The molecule has 4 rings (SSSR count). The van der Waals surface area contributed by atoms with Crippen molar-refractivity contribution in [2.45, 2.75) is 12.5 Å². The summed E-state index contributed by atoms with van der Waals surface area (Å²) in [6.07, 6.45) is 4.96. The summed E-state index contributed by atoms with van der Waals surface area (Å²) in [5.41, 5.74) is 0.876. The van der Waals surface area contributed by atoms with Crippen LogP contribution in [-0.4, -0.2) is 10.9 Å². The maximum Gasteiger partial charge on any atom is 0.143 e. The van der Waals surface area contributed by atoms with Gasteiger partial charge in [-0.1, -0.05) is 42.5 Å². The minimum Gasteiger partial charge on any atom is -0.388 e. The number of allylic oxidation sites excluding steroid dienone is 2. The molecule has 0 spiro atoms. The van der Waals surface area contributed by atoms with Gasteiger partial charge in [0.05, 0.1) is 12.0 Å². The second-order valence-corrected chi connectivity index (χ2v) is 5.84. The number of carbonyl (C=O) groups is 1. The highest BCUT2D eigenvalue weighted by Gasteiger charge is 2.62. The van der Waals surface area contributed by atoms with Crippen molar-refractivity contribution < 1.29 is 9.90 Å². The molecule has 0 amide bonds. The minimum atomic E-state index is -0.618. The second kappa shape index (κ2) is 3.55. The first-order valence-corrected chi connectivity index (χ1v) is 6.72. The largest absolute Gasteiger partial charge is 0.388 e. The molecule has 2 fully saturated rings. The Hall–Kier alpha value is -1.41. The molecule has 0 aromatic heterocycles. The molecule has 1 N–H and O–H groups in total. The lowest BCUT2D eigenvalue weighted by Gasteiger charge is -2.46. The number of carbonyl (C=O) groups excluding carboxylic acids is 1. The monoisotopic (exact) mass is 240 g/mol. The Morgan fingerprint density at radius 3 is 2.61 bits per heavy atom. The van der Waals surface area contributed by atoms with E-state index in [1.165, 1.54) is 0 Å². The van der Waals surface area contributed by atoms with Gasteiger partial charge >= 0.3 is 0 Å². The van der Waals surface area contributed by atoms with Crippen LogP contribution in [0.4, 0.5) is 0 Å². The lowest BCUT2D eigenvalue weighted by molar-refractivity contribution is -0.152. The molecule has 0 saturated heterocycles. The van der Waals surface area contributed by atoms with Crippen LogP contribution in [0.15, 0.2) is 42.5 Å². The van der Waals surface area contributed by atoms with Crippen LogP contribution in [-0.2, 0) is 4.79 Å². The van der Waals surface area contributed by atoms with Crippen molar-refractivity contribution in [3.05, 3.63) is 48.0 Å². The number of fused-ring (bicyclic) bond motifs is 5. The van der Waals surface area contributed by atoms with Crippen LogP contribution in [0.25, 0.3) is 0 Å². The minimum absolute atomic E-state index is 0.169. The Morgan fingerprint density at radius 1 is 1.11 bits per heavy atom. The highest BCUT2D eigenvalue weighted by Crippen LogP contribution is 2.61. The maximum absolute atomic E-state index is 12.3. The summed E-state index contributed by atoms with van der Waals surface area (Å²) < 4.78 is 0. The number of aliphatic hydroxyl groups is 1. The number of aliphatic hydroxyl groups excluding tert-OH is 1. The quantitative estimate of drug-likeness (QED) is 0.806. The van der Waals surface area contributed by atoms with Crippen LogP contribution in [0, 0.1) is 29.6 Å². The smallest absolute Gasteiger partial charge is 0.143 e. The van der Waals surface area contributed by atoms with Gasteiger partial charge in [-0.2, -0.15) is 0 Å². The van der Waals surface area contributed by atoms with Gasteiger partial charge in [-0.3, -0.25) is 4.79 Å². The fourth-order valence-corrected chi connectivity index (χ4v) is 4.27. The molecular weight excluding hydrogens is 224 g/mol. The first-order chi connectivity index (χ1) is 8.77. The summed E-state index contributed by atoms with van der Waals surface area (Å²) in [5.74, 6) is 1.71. The summed E-state index contributed by atoms with van der Waals surface area (Å²) in [7, 11) is 0. The van der Waals surface area contributed by atoms with E-state index < -0.39 is 6.10 Å². The normalized spacial score (nSPS) is 41.6. The number of benzene rings is 1. The highest BCUT2D eigenvalue weighted by molar-refractivity contribution is 5.92. The van der Waals surface area contributed by atoms with E-state index in [9.17, 15) is 9.90 Å². The molecule has 3 aliphatic carbocycles. The van der Waals surface area contributed by atoms with Crippen LogP contribution in [0.3, 0.4) is 0 Å². The summed E-state index contributed by atoms with van der Waals surface area (Å²) in [6, 6.07) is 9.59. The van der Waals surface area contributed by atoms with Crippen molar-refractivity contribution in [1.29, 1.82) is 0 Å². The molecule has 18 heavy (non-hydrogen) atoms. The van der Waals surface area contributed by atoms with Crippen molar-refractivity contribution in [3.63, 3.8) is 0 Å². The number of hydrogen-bond donors (Lipinski definition) is 1. The number of hydrogen-bond acceptors (Lipinski definition) is 2. The molecular formula is C16H16O2. The van der Waals surface area contributed by atoms with E-state index in [0.29, 0.717) is 17.8 Å². The van der Waals surface area contributed by atoms with Gasteiger partial charge in [0.1, 0.15) is 5.78 Å². The third kappa shape index (κ3) is 1.19. The Labute approximate surface area is 106 Å². The van der Waals surface area contributed by atoms with Crippen molar-refractivity contribution in [2.75, 3.05) is 0 Å². The fourth-order valence-electron chi connectivity index (χ4n) is 4.27. The molecule has 6 unspecified atom stereocenters. The van der Waals surface area contributed by atoms with Crippen LogP contribution < -0.4 is 0 Å². The molecule has 1 aromatic rings. The van der Waals surface area contributed by atoms with Gasteiger partial charge in [-0.05, 0) is 29.7 Å². The third-order valence-corrected chi connectivity index (χ3v) is 5.07. The Morgan fingerprint density at radius 2 is 1.83 bits per heavy atom. The van der Waals surface area contributed by atoms with E-state index in [4.69, 9.17) is 0 Å². The van der Waals surface area contributed by atoms with Gasteiger partial charge in [-0.25, -0.2) is 0 Å². The Balaban J connectivity index is 1.63. The van der Waals surface area contributed by atoms with Crippen LogP contribution in [0.1, 0.15) is 18.1 Å². The lowest BCUT2D eigenvalue weighted by Crippen LogP contribution is -2.52. The Bertz CT molecular complexity index is 519. The molecule has 92 valence electrons. The van der Waals surface area contributed by atoms with E-state index in [1.54, 1.807) is 0 Å². The van der Waals surface area contributed by atoms with Gasteiger partial charge < -0.3 is 5.11 Å². The van der Waals surface area contributed by atoms with Crippen LogP contribution in [0.5, 0.6) is 0 Å². The molecule has 1 aromatic carbocycles. The molecule has 2 heteroatoms. The van der Waals surface area contributed by atoms with E-state index in [0.717, 1.165) is 12.0 Å². The zero-order chi connectivity index (χ0) is 12.3. The second-order valence-electron chi connectivity index (χ2n) is 5.84. The predicted molar refractivity (Wildman–Crippen MR) is 67.6 cm³/mol. The average molecular weight is 240 g/mol. The average Bonchev–Trinajstić information content (AvgIpc) is 2.97. The molecule has 6 atom stereocenters. The van der Waals surface area contributed by atoms with E-state index in [-0.39, 0.29) is 17.6 Å². The summed E-state index contributed by atoms with van der Waals surface area (Å²) in [5, 5.41) is 10.4. The first kappa shape index (κ1) is 10.5. The van der Waals surface area contributed by atoms with Crippen LogP contribution in [0.2, 0.25) is 0 Å². The van der Waals surface area contributed by atoms with Crippen molar-refractivity contribution >= 4 is 5.78 Å². The van der Waals surface area contributed by atoms with Crippen LogP contribution >= 0.6 is 0 Å². The summed E-state index contributed by atoms with van der Waals surface area (Å²) in [6.45, 7) is 0. The van der Waals surface area contributed by atoms with E-state index in [1.807, 2.05) is 30.3 Å². The standard InChI is InChI=1S/C16H16O2/c17-15(9-4-2-1-3-5-9)14-12-10-6-7-11(8-10)13(12)16(14)18/h1-7,10-15,17H,8H2. The van der Waals surface area contributed by atoms with Gasteiger partial charge in [0, 0.05) is 5.92 Å². The summed E-state index contributed by atoms with van der Waals surface area (Å²) >= 11 is 0. The lowest BCUT2D eigenvalue weighted by atomic mass is 9.57.